The third-order valence-corrected chi connectivity index (χ3v) is 2.30. The van der Waals surface area contributed by atoms with Crippen molar-refractivity contribution < 1.29 is 19.4 Å². The minimum atomic E-state index is -1.06. The van der Waals surface area contributed by atoms with Crippen LogP contribution in [0.2, 0.25) is 0 Å². The number of ether oxygens (including phenoxy) is 1. The zero-order chi connectivity index (χ0) is 12.0. The predicted molar refractivity (Wildman–Crippen MR) is 57.2 cm³/mol. The predicted octanol–water partition coefficient (Wildman–Crippen LogP) is 0.185. The Bertz CT molecular complexity index is 253. The van der Waals surface area contributed by atoms with Crippen molar-refractivity contribution in [2.45, 2.75) is 25.8 Å². The molecule has 3 N–H and O–H groups in total. The minimum Gasteiger partial charge on any atom is -0.480 e. The molecular weight excluding hydrogens is 212 g/mol. The first-order valence-electron chi connectivity index (χ1n) is 5.44. The third-order valence-electron chi connectivity index (χ3n) is 2.30. The highest BCUT2D eigenvalue weighted by atomic mass is 16.5. The van der Waals surface area contributed by atoms with E-state index < -0.39 is 18.0 Å². The molecule has 0 spiro atoms. The van der Waals surface area contributed by atoms with Gasteiger partial charge in [0.15, 0.2) is 0 Å². The first kappa shape index (κ1) is 12.8. The summed E-state index contributed by atoms with van der Waals surface area (Å²) in [4.78, 5) is 21.6. The van der Waals surface area contributed by atoms with Gasteiger partial charge in [0.1, 0.15) is 6.04 Å². The van der Waals surface area contributed by atoms with Gasteiger partial charge in [-0.05, 0) is 25.7 Å². The lowest BCUT2D eigenvalue weighted by Crippen LogP contribution is -2.45. The Morgan fingerprint density at radius 1 is 1.50 bits per heavy atom. The van der Waals surface area contributed by atoms with E-state index in [0.29, 0.717) is 19.1 Å². The van der Waals surface area contributed by atoms with E-state index >= 15 is 0 Å². The van der Waals surface area contributed by atoms with Gasteiger partial charge in [-0.15, -0.1) is 0 Å². The van der Waals surface area contributed by atoms with E-state index in [1.807, 2.05) is 0 Å². The van der Waals surface area contributed by atoms with E-state index in [1.165, 1.54) is 19.8 Å². The Morgan fingerprint density at radius 2 is 2.19 bits per heavy atom. The smallest absolute Gasteiger partial charge is 0.325 e. The molecular formula is C10H18N2O4. The zero-order valence-electron chi connectivity index (χ0n) is 9.36. The van der Waals surface area contributed by atoms with Crippen LogP contribution < -0.4 is 10.6 Å². The maximum atomic E-state index is 11.1. The average molecular weight is 230 g/mol. The molecule has 0 aromatic heterocycles. The number of carbonyl (C=O) groups excluding carboxylic acids is 1. The van der Waals surface area contributed by atoms with E-state index in [-0.39, 0.29) is 0 Å². The van der Waals surface area contributed by atoms with Crippen LogP contribution in [0.3, 0.4) is 0 Å². The molecule has 1 aliphatic rings. The van der Waals surface area contributed by atoms with Crippen LogP contribution in [0.15, 0.2) is 0 Å². The van der Waals surface area contributed by atoms with E-state index in [2.05, 4.69) is 10.6 Å². The number of rotatable bonds is 7. The summed E-state index contributed by atoms with van der Waals surface area (Å²) in [6.07, 6.45) is 2.48. The second kappa shape index (κ2) is 6.32. The van der Waals surface area contributed by atoms with Crippen molar-refractivity contribution >= 4 is 12.0 Å². The van der Waals surface area contributed by atoms with Gasteiger partial charge < -0.3 is 20.5 Å². The van der Waals surface area contributed by atoms with Crippen molar-refractivity contribution in [2.75, 3.05) is 19.8 Å². The number of nitrogens with one attached hydrogen (secondary N) is 2. The van der Waals surface area contributed by atoms with Crippen LogP contribution in [0.1, 0.15) is 19.8 Å². The second-order valence-corrected chi connectivity index (χ2v) is 3.98. The molecule has 0 aromatic rings. The Kier molecular flexibility index (Phi) is 5.04. The number of urea groups is 1. The van der Waals surface area contributed by atoms with Crippen LogP contribution in [0.4, 0.5) is 4.79 Å². The van der Waals surface area contributed by atoms with Crippen LogP contribution >= 0.6 is 0 Å². The van der Waals surface area contributed by atoms with Gasteiger partial charge in [-0.3, -0.25) is 4.79 Å². The van der Waals surface area contributed by atoms with Crippen molar-refractivity contribution in [3.05, 3.63) is 0 Å². The summed E-state index contributed by atoms with van der Waals surface area (Å²) in [7, 11) is 0. The second-order valence-electron chi connectivity index (χ2n) is 3.98. The Morgan fingerprint density at radius 3 is 2.75 bits per heavy atom. The zero-order valence-corrected chi connectivity index (χ0v) is 9.36. The standard InChI is InChI=1S/C10H18N2O4/c1-7(9(13)14)12-10(15)11-4-5-16-6-8-2-3-8/h7-8H,2-6H2,1H3,(H,13,14)(H2,11,12,15)/t7-/m1/s1. The molecule has 1 rings (SSSR count). The summed E-state index contributed by atoms with van der Waals surface area (Å²) < 4.78 is 5.30. The fraction of sp³-hybridized carbons (Fsp3) is 0.800. The fourth-order valence-electron chi connectivity index (χ4n) is 1.08. The van der Waals surface area contributed by atoms with Crippen LogP contribution in [0.5, 0.6) is 0 Å². The van der Waals surface area contributed by atoms with Gasteiger partial charge in [0, 0.05) is 13.2 Å². The quantitative estimate of drug-likeness (QED) is 0.545. The molecule has 6 heteroatoms. The summed E-state index contributed by atoms with van der Waals surface area (Å²) >= 11 is 0. The number of hydrogen-bond acceptors (Lipinski definition) is 3. The molecule has 1 atom stereocenters. The number of carboxylic acid groups (broad SMARTS) is 1. The fourth-order valence-corrected chi connectivity index (χ4v) is 1.08. The lowest BCUT2D eigenvalue weighted by atomic mass is 10.3. The monoisotopic (exact) mass is 230 g/mol. The van der Waals surface area contributed by atoms with Crippen molar-refractivity contribution in [3.8, 4) is 0 Å². The van der Waals surface area contributed by atoms with E-state index in [4.69, 9.17) is 9.84 Å². The molecule has 1 aliphatic carbocycles. The molecule has 92 valence electrons. The number of hydrogen-bond donors (Lipinski definition) is 3. The minimum absolute atomic E-state index is 0.394. The van der Waals surface area contributed by atoms with Crippen molar-refractivity contribution in [3.63, 3.8) is 0 Å². The first-order chi connectivity index (χ1) is 7.59. The van der Waals surface area contributed by atoms with Crippen LogP contribution in [0.25, 0.3) is 0 Å². The van der Waals surface area contributed by atoms with Crippen LogP contribution in [-0.4, -0.2) is 42.9 Å². The van der Waals surface area contributed by atoms with Gasteiger partial charge in [0.25, 0.3) is 0 Å². The van der Waals surface area contributed by atoms with Gasteiger partial charge in [0.2, 0.25) is 0 Å². The summed E-state index contributed by atoms with van der Waals surface area (Å²) in [5, 5.41) is 13.4. The first-order valence-corrected chi connectivity index (χ1v) is 5.44. The number of aliphatic carboxylic acids is 1. The SMILES string of the molecule is C[C@@H](NC(=O)NCCOCC1CC1)C(=O)O. The largest absolute Gasteiger partial charge is 0.480 e. The maximum absolute atomic E-state index is 11.1. The molecule has 0 saturated heterocycles. The molecule has 0 bridgehead atoms. The Hall–Kier alpha value is -1.30. The Balaban J connectivity index is 1.94. The van der Waals surface area contributed by atoms with E-state index in [0.717, 1.165) is 6.61 Å². The molecule has 1 fully saturated rings. The van der Waals surface area contributed by atoms with E-state index in [1.54, 1.807) is 0 Å². The number of amides is 2. The summed E-state index contributed by atoms with van der Waals surface area (Å²) in [5.41, 5.74) is 0. The third kappa shape index (κ3) is 5.55. The lowest BCUT2D eigenvalue weighted by molar-refractivity contribution is -0.138. The van der Waals surface area contributed by atoms with Crippen LogP contribution in [-0.2, 0) is 9.53 Å². The topological polar surface area (TPSA) is 87.7 Å². The van der Waals surface area contributed by atoms with Crippen molar-refractivity contribution in [1.29, 1.82) is 0 Å². The summed E-state index contributed by atoms with van der Waals surface area (Å²) in [6, 6.07) is -1.36. The van der Waals surface area contributed by atoms with Gasteiger partial charge in [0.05, 0.1) is 6.61 Å². The van der Waals surface area contributed by atoms with Gasteiger partial charge in [-0.2, -0.15) is 0 Å². The van der Waals surface area contributed by atoms with Crippen molar-refractivity contribution in [1.82, 2.24) is 10.6 Å². The summed E-state index contributed by atoms with van der Waals surface area (Å²) in [6.45, 7) is 3.02. The molecule has 0 radical (unpaired) electrons. The molecule has 2 amide bonds. The molecule has 0 heterocycles. The molecule has 6 nitrogen and oxygen atoms in total. The average Bonchev–Trinajstić information content (AvgIpc) is 3.00. The molecule has 0 aromatic carbocycles. The lowest BCUT2D eigenvalue weighted by Gasteiger charge is -2.10. The number of carboxylic acids is 1. The highest BCUT2D eigenvalue weighted by Crippen LogP contribution is 2.28. The molecule has 0 unspecified atom stereocenters. The van der Waals surface area contributed by atoms with E-state index in [9.17, 15) is 9.59 Å². The maximum Gasteiger partial charge on any atom is 0.325 e. The van der Waals surface area contributed by atoms with Crippen LogP contribution in [0, 0.1) is 5.92 Å². The molecule has 0 aliphatic heterocycles. The van der Waals surface area contributed by atoms with Gasteiger partial charge in [-0.1, -0.05) is 0 Å². The molecule has 1 saturated carbocycles. The molecule has 16 heavy (non-hydrogen) atoms. The normalized spacial score (nSPS) is 16.6. The highest BCUT2D eigenvalue weighted by molar-refractivity contribution is 5.82. The van der Waals surface area contributed by atoms with Gasteiger partial charge in [-0.25, -0.2) is 4.79 Å². The summed E-state index contributed by atoms with van der Waals surface area (Å²) in [5.74, 6) is -0.346. The van der Waals surface area contributed by atoms with Gasteiger partial charge >= 0.3 is 12.0 Å². The highest BCUT2D eigenvalue weighted by Gasteiger charge is 2.20. The van der Waals surface area contributed by atoms with Crippen molar-refractivity contribution in [2.24, 2.45) is 5.92 Å². The Labute approximate surface area is 94.3 Å². The number of carbonyl (C=O) groups is 2.